The Labute approximate surface area is 85.9 Å². The zero-order valence-electron chi connectivity index (χ0n) is 6.10. The molecule has 1 N–H and O–H groups in total. The van der Waals surface area contributed by atoms with Gasteiger partial charge in [-0.3, -0.25) is 0 Å². The Morgan fingerprint density at radius 3 is 2.58 bits per heavy atom. The van der Waals surface area contributed by atoms with Gasteiger partial charge in [-0.1, -0.05) is 23.2 Å². The number of rotatable bonds is 2. The summed E-state index contributed by atoms with van der Waals surface area (Å²) in [5, 5.41) is 10.4. The van der Waals surface area contributed by atoms with Crippen molar-refractivity contribution in [2.24, 2.45) is 0 Å². The fourth-order valence-electron chi connectivity index (χ4n) is 0.853. The van der Waals surface area contributed by atoms with Crippen LogP contribution in [0.4, 0.5) is 0 Å². The fourth-order valence-corrected chi connectivity index (χ4v) is 1.44. The normalized spacial score (nSPS) is 13.0. The molecule has 0 saturated heterocycles. The summed E-state index contributed by atoms with van der Waals surface area (Å²) in [6, 6.07) is 4.90. The number of aliphatic hydroxyl groups is 1. The second-order valence-electron chi connectivity index (χ2n) is 2.34. The van der Waals surface area contributed by atoms with Gasteiger partial charge in [0.15, 0.2) is 0 Å². The van der Waals surface area contributed by atoms with Crippen LogP contribution in [0.5, 0.6) is 0 Å². The molecule has 1 atom stereocenters. The zero-order valence-corrected chi connectivity index (χ0v) is 8.37. The molecule has 12 heavy (non-hydrogen) atoms. The second kappa shape index (κ2) is 4.33. The molecule has 0 unspecified atom stereocenters. The van der Waals surface area contributed by atoms with Gasteiger partial charge in [0, 0.05) is 15.6 Å². The highest BCUT2D eigenvalue weighted by Gasteiger charge is 2.10. The first-order valence-electron chi connectivity index (χ1n) is 3.34. The highest BCUT2D eigenvalue weighted by molar-refractivity contribution is 6.33. The van der Waals surface area contributed by atoms with Crippen LogP contribution in [0.2, 0.25) is 10.0 Å². The highest BCUT2D eigenvalue weighted by Crippen LogP contribution is 2.26. The molecular formula is C8H7Cl3O. The van der Waals surface area contributed by atoms with Crippen molar-refractivity contribution in [1.29, 1.82) is 0 Å². The summed E-state index contributed by atoms with van der Waals surface area (Å²) in [6.45, 7) is 0. The van der Waals surface area contributed by atoms with Crippen LogP contribution in [0.25, 0.3) is 0 Å². The Kier molecular flexibility index (Phi) is 3.66. The van der Waals surface area contributed by atoms with Gasteiger partial charge in [0.2, 0.25) is 0 Å². The van der Waals surface area contributed by atoms with Gasteiger partial charge in [-0.15, -0.1) is 11.6 Å². The van der Waals surface area contributed by atoms with E-state index in [1.165, 1.54) is 0 Å². The van der Waals surface area contributed by atoms with E-state index in [0.29, 0.717) is 15.6 Å². The molecule has 1 aromatic carbocycles. The molecule has 0 saturated carbocycles. The van der Waals surface area contributed by atoms with Gasteiger partial charge in [0.1, 0.15) is 0 Å². The van der Waals surface area contributed by atoms with Crippen LogP contribution < -0.4 is 0 Å². The topological polar surface area (TPSA) is 20.2 Å². The lowest BCUT2D eigenvalue weighted by atomic mass is 10.1. The van der Waals surface area contributed by atoms with E-state index >= 15 is 0 Å². The van der Waals surface area contributed by atoms with E-state index in [9.17, 15) is 5.11 Å². The number of aliphatic hydroxyl groups excluding tert-OH is 1. The molecule has 1 nitrogen and oxygen atoms in total. The average molecular weight is 226 g/mol. The molecule has 1 rings (SSSR count). The van der Waals surface area contributed by atoms with E-state index in [1.54, 1.807) is 18.2 Å². The molecule has 66 valence electrons. The molecule has 0 radical (unpaired) electrons. The van der Waals surface area contributed by atoms with Gasteiger partial charge in [-0.2, -0.15) is 0 Å². The van der Waals surface area contributed by atoms with Crippen LogP contribution in [0.15, 0.2) is 18.2 Å². The quantitative estimate of drug-likeness (QED) is 0.766. The van der Waals surface area contributed by atoms with Crippen LogP contribution >= 0.6 is 34.8 Å². The van der Waals surface area contributed by atoms with Gasteiger partial charge in [0.25, 0.3) is 0 Å². The minimum atomic E-state index is -0.752. The highest BCUT2D eigenvalue weighted by atomic mass is 35.5. The summed E-state index contributed by atoms with van der Waals surface area (Å²) in [5.41, 5.74) is 0.569. The number of hydrogen-bond acceptors (Lipinski definition) is 1. The summed E-state index contributed by atoms with van der Waals surface area (Å²) < 4.78 is 0. The molecule has 0 aliphatic rings. The molecule has 0 aliphatic carbocycles. The Morgan fingerprint density at radius 1 is 1.33 bits per heavy atom. The van der Waals surface area contributed by atoms with Crippen molar-refractivity contribution in [3.05, 3.63) is 33.8 Å². The molecule has 0 heterocycles. The molecule has 1 aromatic rings. The van der Waals surface area contributed by atoms with Crippen molar-refractivity contribution < 1.29 is 5.11 Å². The molecule has 4 heteroatoms. The Hall–Kier alpha value is 0.0500. The molecule has 0 aromatic heterocycles. The van der Waals surface area contributed by atoms with Crippen molar-refractivity contribution in [1.82, 2.24) is 0 Å². The van der Waals surface area contributed by atoms with Gasteiger partial charge in [-0.05, 0) is 18.2 Å². The molecule has 0 spiro atoms. The maximum absolute atomic E-state index is 9.36. The van der Waals surface area contributed by atoms with Crippen molar-refractivity contribution in [2.75, 3.05) is 5.88 Å². The third-order valence-electron chi connectivity index (χ3n) is 1.46. The van der Waals surface area contributed by atoms with Crippen LogP contribution in [0, 0.1) is 0 Å². The van der Waals surface area contributed by atoms with Crippen molar-refractivity contribution >= 4 is 34.8 Å². The molecule has 0 bridgehead atoms. The first-order chi connectivity index (χ1) is 5.65. The lowest BCUT2D eigenvalue weighted by molar-refractivity contribution is 0.203. The van der Waals surface area contributed by atoms with E-state index in [4.69, 9.17) is 34.8 Å². The summed E-state index contributed by atoms with van der Waals surface area (Å²) in [5.74, 6) is 0.111. The largest absolute Gasteiger partial charge is 0.387 e. The maximum Gasteiger partial charge on any atom is 0.0940 e. The monoisotopic (exact) mass is 224 g/mol. The summed E-state index contributed by atoms with van der Waals surface area (Å²) >= 11 is 17.0. The Bertz CT molecular complexity index is 275. The summed E-state index contributed by atoms with van der Waals surface area (Å²) in [7, 11) is 0. The Balaban J connectivity index is 3.04. The van der Waals surface area contributed by atoms with Gasteiger partial charge in [-0.25, -0.2) is 0 Å². The third-order valence-corrected chi connectivity index (χ3v) is 2.33. The molecule has 0 amide bonds. The third kappa shape index (κ3) is 2.27. The van der Waals surface area contributed by atoms with E-state index in [2.05, 4.69) is 0 Å². The molecule has 0 fully saturated rings. The second-order valence-corrected chi connectivity index (χ2v) is 3.49. The number of hydrogen-bond donors (Lipinski definition) is 1. The predicted octanol–water partition coefficient (Wildman–Crippen LogP) is 3.27. The molecule has 0 aliphatic heterocycles. The summed E-state index contributed by atoms with van der Waals surface area (Å²) in [4.78, 5) is 0. The lowest BCUT2D eigenvalue weighted by Crippen LogP contribution is -1.99. The standard InChI is InChI=1S/C8H7Cl3O/c9-4-8(12)6-3-5(10)1-2-7(6)11/h1-3,8,12H,4H2/t8-/m1/s1. The van der Waals surface area contributed by atoms with Gasteiger partial charge in [0.05, 0.1) is 12.0 Å². The smallest absolute Gasteiger partial charge is 0.0940 e. The van der Waals surface area contributed by atoms with Gasteiger partial charge < -0.3 is 5.11 Å². The fraction of sp³-hybridized carbons (Fsp3) is 0.250. The zero-order chi connectivity index (χ0) is 9.14. The lowest BCUT2D eigenvalue weighted by Gasteiger charge is -2.08. The number of benzene rings is 1. The van der Waals surface area contributed by atoms with Crippen LogP contribution in [-0.4, -0.2) is 11.0 Å². The van der Waals surface area contributed by atoms with E-state index < -0.39 is 6.10 Å². The first-order valence-corrected chi connectivity index (χ1v) is 4.63. The van der Waals surface area contributed by atoms with Crippen molar-refractivity contribution in [3.63, 3.8) is 0 Å². The van der Waals surface area contributed by atoms with E-state index in [0.717, 1.165) is 0 Å². The van der Waals surface area contributed by atoms with E-state index in [1.807, 2.05) is 0 Å². The number of alkyl halides is 1. The average Bonchev–Trinajstić information content (AvgIpc) is 2.08. The van der Waals surface area contributed by atoms with Crippen molar-refractivity contribution in [3.8, 4) is 0 Å². The van der Waals surface area contributed by atoms with Crippen LogP contribution in [0.1, 0.15) is 11.7 Å². The summed E-state index contributed by atoms with van der Waals surface area (Å²) in [6.07, 6.45) is -0.752. The molecular weight excluding hydrogens is 218 g/mol. The van der Waals surface area contributed by atoms with Gasteiger partial charge >= 0.3 is 0 Å². The predicted molar refractivity (Wildman–Crippen MR) is 52.1 cm³/mol. The van der Waals surface area contributed by atoms with E-state index in [-0.39, 0.29) is 5.88 Å². The first kappa shape index (κ1) is 10.1. The number of halogens is 3. The van der Waals surface area contributed by atoms with Crippen molar-refractivity contribution in [2.45, 2.75) is 6.10 Å². The minimum Gasteiger partial charge on any atom is -0.387 e. The SMILES string of the molecule is O[C@H](CCl)c1cc(Cl)ccc1Cl. The van der Waals surface area contributed by atoms with Crippen LogP contribution in [-0.2, 0) is 0 Å². The van der Waals surface area contributed by atoms with Crippen LogP contribution in [0.3, 0.4) is 0 Å². The maximum atomic E-state index is 9.36. The minimum absolute atomic E-state index is 0.111. The Morgan fingerprint density at radius 2 is 2.00 bits per heavy atom.